The first-order valence-corrected chi connectivity index (χ1v) is 7.05. The molecule has 0 radical (unpaired) electrons. The largest absolute Gasteiger partial charge is 0.441 e. The van der Waals surface area contributed by atoms with E-state index < -0.39 is 0 Å². The van der Waals surface area contributed by atoms with Gasteiger partial charge in [0.1, 0.15) is 5.52 Å². The van der Waals surface area contributed by atoms with Gasteiger partial charge < -0.3 is 9.73 Å². The Morgan fingerprint density at radius 2 is 2.00 bits per heavy atom. The summed E-state index contributed by atoms with van der Waals surface area (Å²) in [5.74, 6) is 0.738. The van der Waals surface area contributed by atoms with Crippen LogP contribution in [0.25, 0.3) is 11.1 Å². The highest BCUT2D eigenvalue weighted by atomic mass is 16.3. The number of hydrogen-bond donors (Lipinski definition) is 1. The first-order chi connectivity index (χ1) is 8.94. The van der Waals surface area contributed by atoms with E-state index in [0.717, 1.165) is 30.0 Å². The minimum absolute atomic E-state index is 0.219. The van der Waals surface area contributed by atoms with Crippen molar-refractivity contribution in [2.45, 2.75) is 52.5 Å². The minimum atomic E-state index is 0.219. The number of nitrogens with one attached hydrogen (secondary N) is 1. The average Bonchev–Trinajstić information content (AvgIpc) is 2.66. The van der Waals surface area contributed by atoms with Crippen molar-refractivity contribution in [1.29, 1.82) is 0 Å². The molecular formula is C16H24N2O. The number of rotatable bonds is 5. The molecule has 0 saturated carbocycles. The Hall–Kier alpha value is -1.35. The van der Waals surface area contributed by atoms with Crippen LogP contribution in [-0.4, -0.2) is 17.1 Å². The fourth-order valence-corrected chi connectivity index (χ4v) is 2.16. The van der Waals surface area contributed by atoms with Gasteiger partial charge in [-0.05, 0) is 64.3 Å². The lowest BCUT2D eigenvalue weighted by atomic mass is 10.1. The van der Waals surface area contributed by atoms with Gasteiger partial charge in [0.05, 0.1) is 0 Å². The lowest BCUT2D eigenvalue weighted by molar-refractivity contribution is 0.419. The molecule has 0 atom stereocenters. The van der Waals surface area contributed by atoms with Crippen molar-refractivity contribution in [2.75, 3.05) is 6.54 Å². The van der Waals surface area contributed by atoms with Crippen LogP contribution >= 0.6 is 0 Å². The van der Waals surface area contributed by atoms with Crippen LogP contribution in [0.2, 0.25) is 0 Å². The van der Waals surface area contributed by atoms with Crippen molar-refractivity contribution in [3.8, 4) is 0 Å². The number of fused-ring (bicyclic) bond motifs is 1. The third-order valence-electron chi connectivity index (χ3n) is 3.11. The first-order valence-electron chi connectivity index (χ1n) is 7.05. The van der Waals surface area contributed by atoms with E-state index in [1.54, 1.807) is 0 Å². The molecule has 2 rings (SSSR count). The average molecular weight is 260 g/mol. The molecule has 0 bridgehead atoms. The summed E-state index contributed by atoms with van der Waals surface area (Å²) >= 11 is 0. The molecule has 0 fully saturated rings. The van der Waals surface area contributed by atoms with E-state index in [1.807, 2.05) is 6.92 Å². The summed E-state index contributed by atoms with van der Waals surface area (Å²) in [7, 11) is 0. The molecular weight excluding hydrogens is 236 g/mol. The van der Waals surface area contributed by atoms with Crippen LogP contribution in [0, 0.1) is 6.92 Å². The van der Waals surface area contributed by atoms with Gasteiger partial charge in [0.15, 0.2) is 11.5 Å². The zero-order chi connectivity index (χ0) is 13.9. The number of nitrogens with zero attached hydrogens (tertiary/aromatic N) is 1. The molecule has 1 heterocycles. The van der Waals surface area contributed by atoms with Crippen molar-refractivity contribution in [3.05, 3.63) is 29.7 Å². The Balaban J connectivity index is 1.81. The molecule has 1 N–H and O–H groups in total. The highest BCUT2D eigenvalue weighted by Crippen LogP contribution is 2.18. The maximum atomic E-state index is 5.56. The summed E-state index contributed by atoms with van der Waals surface area (Å²) in [6.45, 7) is 9.57. The second-order valence-electron chi connectivity index (χ2n) is 6.17. The number of oxazole rings is 1. The Labute approximate surface area is 115 Å². The molecule has 0 aliphatic rings. The van der Waals surface area contributed by atoms with Crippen LogP contribution in [0.3, 0.4) is 0 Å². The summed E-state index contributed by atoms with van der Waals surface area (Å²) < 4.78 is 5.56. The van der Waals surface area contributed by atoms with E-state index in [9.17, 15) is 0 Å². The molecule has 0 amide bonds. The molecule has 3 heteroatoms. The molecule has 2 aromatic rings. The van der Waals surface area contributed by atoms with Gasteiger partial charge in [-0.1, -0.05) is 6.07 Å². The van der Waals surface area contributed by atoms with Gasteiger partial charge in [-0.3, -0.25) is 0 Å². The summed E-state index contributed by atoms with van der Waals surface area (Å²) in [4.78, 5) is 4.31. The third-order valence-corrected chi connectivity index (χ3v) is 3.11. The molecule has 1 aromatic carbocycles. The second kappa shape index (κ2) is 5.74. The number of unbranched alkanes of at least 4 members (excludes halogenated alkanes) is 1. The molecule has 104 valence electrons. The number of aryl methyl sites for hydroxylation is 2. The van der Waals surface area contributed by atoms with E-state index in [2.05, 4.69) is 49.3 Å². The van der Waals surface area contributed by atoms with Gasteiger partial charge in [0.25, 0.3) is 0 Å². The van der Waals surface area contributed by atoms with Crippen LogP contribution in [-0.2, 0) is 6.42 Å². The highest BCUT2D eigenvalue weighted by Gasteiger charge is 2.07. The lowest BCUT2D eigenvalue weighted by Gasteiger charge is -2.20. The van der Waals surface area contributed by atoms with E-state index in [0.29, 0.717) is 0 Å². The van der Waals surface area contributed by atoms with Crippen molar-refractivity contribution in [1.82, 2.24) is 10.3 Å². The lowest BCUT2D eigenvalue weighted by Crippen LogP contribution is -2.36. The van der Waals surface area contributed by atoms with E-state index >= 15 is 0 Å². The smallest absolute Gasteiger partial charge is 0.192 e. The van der Waals surface area contributed by atoms with Crippen LogP contribution < -0.4 is 5.32 Å². The van der Waals surface area contributed by atoms with Crippen molar-refractivity contribution < 1.29 is 4.42 Å². The molecule has 1 aromatic heterocycles. The maximum absolute atomic E-state index is 5.56. The zero-order valence-corrected chi connectivity index (χ0v) is 12.4. The van der Waals surface area contributed by atoms with Gasteiger partial charge in [0, 0.05) is 12.5 Å². The standard InChI is InChI=1S/C16H24N2O/c1-12-18-14-9-8-13(11-15(14)19-12)7-5-6-10-17-16(2,3)4/h8-9,11,17H,5-7,10H2,1-4H3. The maximum Gasteiger partial charge on any atom is 0.192 e. The molecule has 19 heavy (non-hydrogen) atoms. The predicted octanol–water partition coefficient (Wildman–Crippen LogP) is 3.85. The summed E-state index contributed by atoms with van der Waals surface area (Å²) in [6.07, 6.45) is 3.49. The number of aromatic nitrogens is 1. The Morgan fingerprint density at radius 1 is 1.21 bits per heavy atom. The Kier molecular flexibility index (Phi) is 4.25. The second-order valence-corrected chi connectivity index (χ2v) is 6.17. The fourth-order valence-electron chi connectivity index (χ4n) is 2.16. The molecule has 0 aliphatic carbocycles. The van der Waals surface area contributed by atoms with Crippen molar-refractivity contribution in [3.63, 3.8) is 0 Å². The molecule has 3 nitrogen and oxygen atoms in total. The number of benzene rings is 1. The quantitative estimate of drug-likeness (QED) is 0.830. The Bertz CT molecular complexity index is 537. The van der Waals surface area contributed by atoms with E-state index in [4.69, 9.17) is 4.42 Å². The van der Waals surface area contributed by atoms with Crippen LogP contribution in [0.1, 0.15) is 45.1 Å². The van der Waals surface area contributed by atoms with Crippen LogP contribution in [0.4, 0.5) is 0 Å². The summed E-state index contributed by atoms with van der Waals surface area (Å²) in [5, 5.41) is 3.51. The molecule has 0 saturated heterocycles. The van der Waals surface area contributed by atoms with Gasteiger partial charge in [-0.25, -0.2) is 4.98 Å². The van der Waals surface area contributed by atoms with Crippen molar-refractivity contribution in [2.24, 2.45) is 0 Å². The van der Waals surface area contributed by atoms with E-state index in [-0.39, 0.29) is 5.54 Å². The predicted molar refractivity (Wildman–Crippen MR) is 79.4 cm³/mol. The van der Waals surface area contributed by atoms with Gasteiger partial charge >= 0.3 is 0 Å². The third kappa shape index (κ3) is 4.35. The van der Waals surface area contributed by atoms with Crippen LogP contribution in [0.15, 0.2) is 22.6 Å². The van der Waals surface area contributed by atoms with Crippen molar-refractivity contribution >= 4 is 11.1 Å². The Morgan fingerprint density at radius 3 is 2.74 bits per heavy atom. The van der Waals surface area contributed by atoms with Crippen LogP contribution in [0.5, 0.6) is 0 Å². The van der Waals surface area contributed by atoms with Gasteiger partial charge in [-0.15, -0.1) is 0 Å². The first kappa shape index (κ1) is 14.1. The SMILES string of the molecule is Cc1nc2ccc(CCCCNC(C)(C)C)cc2o1. The summed E-state index contributed by atoms with van der Waals surface area (Å²) in [5.41, 5.74) is 3.41. The topological polar surface area (TPSA) is 38.1 Å². The highest BCUT2D eigenvalue weighted by molar-refractivity contribution is 5.73. The molecule has 0 spiro atoms. The monoisotopic (exact) mass is 260 g/mol. The van der Waals surface area contributed by atoms with E-state index in [1.165, 1.54) is 18.4 Å². The number of hydrogen-bond acceptors (Lipinski definition) is 3. The van der Waals surface area contributed by atoms with Gasteiger partial charge in [-0.2, -0.15) is 0 Å². The zero-order valence-electron chi connectivity index (χ0n) is 12.4. The minimum Gasteiger partial charge on any atom is -0.441 e. The summed E-state index contributed by atoms with van der Waals surface area (Å²) in [6, 6.07) is 6.32. The molecule has 0 unspecified atom stereocenters. The fraction of sp³-hybridized carbons (Fsp3) is 0.562. The normalized spacial score (nSPS) is 12.2. The van der Waals surface area contributed by atoms with Gasteiger partial charge in [0.2, 0.25) is 0 Å². The molecule has 0 aliphatic heterocycles.